The molecule has 1 saturated heterocycles. The molecule has 1 atom stereocenters. The van der Waals surface area contributed by atoms with Crippen LogP contribution in [0.5, 0.6) is 0 Å². The highest BCUT2D eigenvalue weighted by atomic mass is 35.5. The van der Waals surface area contributed by atoms with E-state index >= 15 is 0 Å². The van der Waals surface area contributed by atoms with Crippen LogP contribution in [0.4, 0.5) is 0 Å². The van der Waals surface area contributed by atoms with Gasteiger partial charge in [0.1, 0.15) is 0 Å². The molecule has 70 valence electrons. The monoisotopic (exact) mass is 195 g/mol. The second-order valence-electron chi connectivity index (χ2n) is 3.61. The van der Waals surface area contributed by atoms with Gasteiger partial charge in [-0.15, -0.1) is 11.6 Å². The molecule has 1 aromatic rings. The van der Waals surface area contributed by atoms with Crippen molar-refractivity contribution in [3.63, 3.8) is 0 Å². The zero-order valence-electron chi connectivity index (χ0n) is 7.62. The van der Waals surface area contributed by atoms with Crippen LogP contribution in [-0.4, -0.2) is 23.4 Å². The van der Waals surface area contributed by atoms with E-state index in [2.05, 4.69) is 35.2 Å². The van der Waals surface area contributed by atoms with Crippen LogP contribution in [-0.2, 0) is 6.54 Å². The van der Waals surface area contributed by atoms with Crippen molar-refractivity contribution >= 4 is 11.6 Å². The summed E-state index contributed by atoms with van der Waals surface area (Å²) in [6.07, 6.45) is 1.13. The molecular formula is C11H14ClN. The smallest absolute Gasteiger partial charge is 0.0475 e. The quantitative estimate of drug-likeness (QED) is 0.656. The maximum absolute atomic E-state index is 6.03. The molecule has 0 amide bonds. The van der Waals surface area contributed by atoms with Gasteiger partial charge in [-0.25, -0.2) is 0 Å². The highest BCUT2D eigenvalue weighted by Crippen LogP contribution is 2.16. The first-order valence-electron chi connectivity index (χ1n) is 4.75. The maximum Gasteiger partial charge on any atom is 0.0475 e. The zero-order chi connectivity index (χ0) is 9.10. The zero-order valence-corrected chi connectivity index (χ0v) is 8.37. The third-order valence-electron chi connectivity index (χ3n) is 2.46. The lowest BCUT2D eigenvalue weighted by atomic mass is 10.2. The number of likely N-dealkylation sites (tertiary alicyclic amines) is 1. The first-order chi connectivity index (χ1) is 6.34. The van der Waals surface area contributed by atoms with E-state index in [1.807, 2.05) is 0 Å². The molecule has 1 aliphatic heterocycles. The summed E-state index contributed by atoms with van der Waals surface area (Å²) < 4.78 is 0. The van der Waals surface area contributed by atoms with Gasteiger partial charge in [0.05, 0.1) is 0 Å². The fraction of sp³-hybridized carbons (Fsp3) is 0.455. The Balaban J connectivity index is 1.92. The minimum absolute atomic E-state index is 0.365. The van der Waals surface area contributed by atoms with E-state index in [0.717, 1.165) is 26.1 Å². The number of rotatable bonds is 2. The van der Waals surface area contributed by atoms with Crippen molar-refractivity contribution in [3.8, 4) is 0 Å². The summed E-state index contributed by atoms with van der Waals surface area (Å²) in [6.45, 7) is 3.23. The molecule has 0 aliphatic carbocycles. The fourth-order valence-electron chi connectivity index (χ4n) is 1.77. The van der Waals surface area contributed by atoms with E-state index in [1.165, 1.54) is 5.56 Å². The van der Waals surface area contributed by atoms with Gasteiger partial charge < -0.3 is 0 Å². The predicted molar refractivity (Wildman–Crippen MR) is 56.0 cm³/mol. The molecule has 1 aromatic carbocycles. The number of nitrogens with zero attached hydrogens (tertiary/aromatic N) is 1. The maximum atomic E-state index is 6.03. The van der Waals surface area contributed by atoms with Gasteiger partial charge in [0.2, 0.25) is 0 Å². The molecule has 13 heavy (non-hydrogen) atoms. The Morgan fingerprint density at radius 3 is 2.69 bits per heavy atom. The van der Waals surface area contributed by atoms with Crippen LogP contribution in [0.1, 0.15) is 12.0 Å². The summed E-state index contributed by atoms with van der Waals surface area (Å²) in [5.41, 5.74) is 1.38. The Kier molecular flexibility index (Phi) is 2.87. The highest BCUT2D eigenvalue weighted by molar-refractivity contribution is 6.20. The van der Waals surface area contributed by atoms with Crippen molar-refractivity contribution < 1.29 is 0 Å². The summed E-state index contributed by atoms with van der Waals surface area (Å²) in [5, 5.41) is 0.365. The van der Waals surface area contributed by atoms with Crippen LogP contribution >= 0.6 is 11.6 Å². The molecule has 1 aliphatic rings. The first kappa shape index (κ1) is 9.04. The molecule has 0 spiro atoms. The predicted octanol–water partition coefficient (Wildman–Crippen LogP) is 2.50. The molecule has 0 saturated carbocycles. The van der Waals surface area contributed by atoms with E-state index in [0.29, 0.717) is 5.38 Å². The van der Waals surface area contributed by atoms with Crippen LogP contribution in [0.25, 0.3) is 0 Å². The van der Waals surface area contributed by atoms with Crippen molar-refractivity contribution in [2.45, 2.75) is 18.3 Å². The Morgan fingerprint density at radius 1 is 1.31 bits per heavy atom. The molecule has 2 heteroatoms. The summed E-state index contributed by atoms with van der Waals surface area (Å²) >= 11 is 6.03. The van der Waals surface area contributed by atoms with Crippen molar-refractivity contribution in [1.29, 1.82) is 0 Å². The number of alkyl halides is 1. The fourth-order valence-corrected chi connectivity index (χ4v) is 2.06. The average Bonchev–Trinajstić information content (AvgIpc) is 2.53. The lowest BCUT2D eigenvalue weighted by molar-refractivity contribution is 0.332. The third-order valence-corrected chi connectivity index (χ3v) is 2.82. The van der Waals surface area contributed by atoms with Crippen molar-refractivity contribution in [2.75, 3.05) is 13.1 Å². The summed E-state index contributed by atoms with van der Waals surface area (Å²) in [7, 11) is 0. The molecule has 0 aromatic heterocycles. The molecule has 2 rings (SSSR count). The Hall–Kier alpha value is -0.530. The van der Waals surface area contributed by atoms with Gasteiger partial charge in [-0.1, -0.05) is 30.3 Å². The number of hydrogen-bond donors (Lipinski definition) is 0. The molecule has 1 nitrogen and oxygen atoms in total. The van der Waals surface area contributed by atoms with Crippen LogP contribution in [0.15, 0.2) is 30.3 Å². The molecule has 1 fully saturated rings. The Bertz CT molecular complexity index is 260. The van der Waals surface area contributed by atoms with Crippen molar-refractivity contribution in [3.05, 3.63) is 35.9 Å². The van der Waals surface area contributed by atoms with E-state index in [-0.39, 0.29) is 0 Å². The van der Waals surface area contributed by atoms with Crippen LogP contribution in [0.3, 0.4) is 0 Å². The van der Waals surface area contributed by atoms with Gasteiger partial charge in [-0.2, -0.15) is 0 Å². The van der Waals surface area contributed by atoms with Crippen LogP contribution in [0, 0.1) is 0 Å². The molecule has 0 radical (unpaired) electrons. The van der Waals surface area contributed by atoms with Crippen LogP contribution in [0.2, 0.25) is 0 Å². The largest absolute Gasteiger partial charge is 0.298 e. The van der Waals surface area contributed by atoms with E-state index in [9.17, 15) is 0 Å². The highest BCUT2D eigenvalue weighted by Gasteiger charge is 2.19. The van der Waals surface area contributed by atoms with Crippen LogP contribution < -0.4 is 0 Å². The number of benzene rings is 1. The van der Waals surface area contributed by atoms with E-state index in [1.54, 1.807) is 0 Å². The van der Waals surface area contributed by atoms with Crippen molar-refractivity contribution in [2.24, 2.45) is 0 Å². The van der Waals surface area contributed by atoms with Gasteiger partial charge in [-0.05, 0) is 18.5 Å². The van der Waals surface area contributed by atoms with Gasteiger partial charge in [0, 0.05) is 18.5 Å². The summed E-state index contributed by atoms with van der Waals surface area (Å²) in [5.74, 6) is 0. The van der Waals surface area contributed by atoms with E-state index in [4.69, 9.17) is 11.6 Å². The number of halogens is 1. The SMILES string of the molecule is Cl[C@H]1CCN(Cc2ccccc2)C1. The minimum atomic E-state index is 0.365. The lowest BCUT2D eigenvalue weighted by Gasteiger charge is -2.14. The van der Waals surface area contributed by atoms with Crippen molar-refractivity contribution in [1.82, 2.24) is 4.90 Å². The normalized spacial score (nSPS) is 23.6. The lowest BCUT2D eigenvalue weighted by Crippen LogP contribution is -2.19. The number of hydrogen-bond acceptors (Lipinski definition) is 1. The summed E-state index contributed by atoms with van der Waals surface area (Å²) in [4.78, 5) is 2.41. The standard InChI is InChI=1S/C11H14ClN/c12-11-6-7-13(9-11)8-10-4-2-1-3-5-10/h1-5,11H,6-9H2/t11-/m0/s1. The molecule has 0 unspecified atom stereocenters. The first-order valence-corrected chi connectivity index (χ1v) is 5.18. The summed E-state index contributed by atoms with van der Waals surface area (Å²) in [6, 6.07) is 10.6. The Labute approximate surface area is 84.3 Å². The van der Waals surface area contributed by atoms with E-state index < -0.39 is 0 Å². The minimum Gasteiger partial charge on any atom is -0.298 e. The second kappa shape index (κ2) is 4.12. The van der Waals surface area contributed by atoms with Gasteiger partial charge in [-0.3, -0.25) is 4.90 Å². The second-order valence-corrected chi connectivity index (χ2v) is 4.22. The Morgan fingerprint density at radius 2 is 2.08 bits per heavy atom. The average molecular weight is 196 g/mol. The molecular weight excluding hydrogens is 182 g/mol. The van der Waals surface area contributed by atoms with Gasteiger partial charge in [0.25, 0.3) is 0 Å². The topological polar surface area (TPSA) is 3.24 Å². The third kappa shape index (κ3) is 2.45. The molecule has 0 N–H and O–H groups in total. The van der Waals surface area contributed by atoms with Gasteiger partial charge in [0.15, 0.2) is 0 Å². The molecule has 0 bridgehead atoms. The molecule has 1 heterocycles. The van der Waals surface area contributed by atoms with Gasteiger partial charge >= 0.3 is 0 Å².